The maximum absolute atomic E-state index is 9.79. The highest BCUT2D eigenvalue weighted by Crippen LogP contribution is 2.16. The zero-order valence-corrected chi connectivity index (χ0v) is 12.5. The van der Waals surface area contributed by atoms with Crippen LogP contribution >= 0.6 is 0 Å². The number of nitrogens with zero attached hydrogens (tertiary/aromatic N) is 3. The van der Waals surface area contributed by atoms with Crippen LogP contribution in [-0.4, -0.2) is 25.9 Å². The van der Waals surface area contributed by atoms with Crippen LogP contribution in [-0.2, 0) is 6.54 Å². The Hall–Kier alpha value is -1.88. The fourth-order valence-electron chi connectivity index (χ4n) is 2.05. The van der Waals surface area contributed by atoms with Gasteiger partial charge in [-0.3, -0.25) is 9.67 Å². The first-order chi connectivity index (χ1) is 9.47. The fraction of sp³-hybridized carbons (Fsp3) is 0.467. The van der Waals surface area contributed by atoms with Gasteiger partial charge < -0.3 is 10.4 Å². The number of pyridine rings is 1. The van der Waals surface area contributed by atoms with E-state index in [1.54, 1.807) is 12.1 Å². The Morgan fingerprint density at radius 3 is 2.70 bits per heavy atom. The molecule has 2 aromatic heterocycles. The topological polar surface area (TPSA) is 63.0 Å². The molecule has 0 saturated heterocycles. The highest BCUT2D eigenvalue weighted by molar-refractivity contribution is 5.27. The lowest BCUT2D eigenvalue weighted by Crippen LogP contribution is -2.33. The summed E-state index contributed by atoms with van der Waals surface area (Å²) in [5.74, 6) is 0.234. The van der Waals surface area contributed by atoms with Gasteiger partial charge in [0, 0.05) is 24.5 Å². The number of nitrogens with one attached hydrogen (secondary N) is 1. The Labute approximate surface area is 119 Å². The van der Waals surface area contributed by atoms with Gasteiger partial charge >= 0.3 is 0 Å². The van der Waals surface area contributed by atoms with E-state index >= 15 is 0 Å². The SMILES string of the molecule is Cc1cnn([C@@H](C)[C@@H](C)NCc2nc(C)ccc2O)c1. The molecule has 0 radical (unpaired) electrons. The maximum atomic E-state index is 9.79. The molecule has 2 heterocycles. The first kappa shape index (κ1) is 14.5. The Morgan fingerprint density at radius 2 is 2.05 bits per heavy atom. The number of aryl methyl sites for hydroxylation is 2. The van der Waals surface area contributed by atoms with Gasteiger partial charge in [0.05, 0.1) is 17.9 Å². The quantitative estimate of drug-likeness (QED) is 0.878. The molecule has 2 N–H and O–H groups in total. The maximum Gasteiger partial charge on any atom is 0.138 e. The van der Waals surface area contributed by atoms with Crippen LogP contribution in [0, 0.1) is 13.8 Å². The summed E-state index contributed by atoms with van der Waals surface area (Å²) in [6, 6.07) is 3.94. The fourth-order valence-corrected chi connectivity index (χ4v) is 2.05. The normalized spacial score (nSPS) is 14.2. The predicted octanol–water partition coefficient (Wildman–Crippen LogP) is 2.34. The van der Waals surface area contributed by atoms with Crippen molar-refractivity contribution in [3.63, 3.8) is 0 Å². The molecule has 0 fully saturated rings. The van der Waals surface area contributed by atoms with Crippen molar-refractivity contribution in [2.45, 2.75) is 46.3 Å². The number of hydrogen-bond donors (Lipinski definition) is 2. The summed E-state index contributed by atoms with van der Waals surface area (Å²) in [6.45, 7) is 8.71. The van der Waals surface area contributed by atoms with E-state index in [9.17, 15) is 5.11 Å². The molecule has 0 aliphatic rings. The first-order valence-corrected chi connectivity index (χ1v) is 6.87. The second-order valence-electron chi connectivity index (χ2n) is 5.33. The van der Waals surface area contributed by atoms with Gasteiger partial charge in [-0.2, -0.15) is 5.10 Å². The third-order valence-corrected chi connectivity index (χ3v) is 3.55. The van der Waals surface area contributed by atoms with E-state index in [1.165, 1.54) is 0 Å². The molecule has 2 aromatic rings. The van der Waals surface area contributed by atoms with Gasteiger partial charge in [-0.05, 0) is 45.4 Å². The average Bonchev–Trinajstić information content (AvgIpc) is 2.85. The lowest BCUT2D eigenvalue weighted by molar-refractivity contribution is 0.360. The molecule has 0 unspecified atom stereocenters. The van der Waals surface area contributed by atoms with E-state index in [0.29, 0.717) is 12.2 Å². The molecule has 0 aliphatic carbocycles. The summed E-state index contributed by atoms with van der Waals surface area (Å²) in [5.41, 5.74) is 2.74. The second-order valence-corrected chi connectivity index (χ2v) is 5.33. The van der Waals surface area contributed by atoms with Crippen LogP contribution in [0.4, 0.5) is 0 Å². The summed E-state index contributed by atoms with van der Waals surface area (Å²) < 4.78 is 1.95. The smallest absolute Gasteiger partial charge is 0.138 e. The summed E-state index contributed by atoms with van der Waals surface area (Å²) >= 11 is 0. The third kappa shape index (κ3) is 3.36. The van der Waals surface area contributed by atoms with E-state index in [-0.39, 0.29) is 17.8 Å². The van der Waals surface area contributed by atoms with Gasteiger partial charge in [0.1, 0.15) is 5.75 Å². The highest BCUT2D eigenvalue weighted by Gasteiger charge is 2.15. The van der Waals surface area contributed by atoms with Crippen molar-refractivity contribution in [1.29, 1.82) is 0 Å². The van der Waals surface area contributed by atoms with Gasteiger partial charge in [0.2, 0.25) is 0 Å². The molecule has 0 spiro atoms. The summed E-state index contributed by atoms with van der Waals surface area (Å²) in [5, 5.41) is 17.5. The Bertz CT molecular complexity index is 579. The molecular formula is C15H22N4O. The monoisotopic (exact) mass is 274 g/mol. The second kappa shape index (κ2) is 6.05. The van der Waals surface area contributed by atoms with Crippen LogP contribution in [0.3, 0.4) is 0 Å². The first-order valence-electron chi connectivity index (χ1n) is 6.87. The molecule has 0 aromatic carbocycles. The van der Waals surface area contributed by atoms with E-state index in [4.69, 9.17) is 0 Å². The predicted molar refractivity (Wildman–Crippen MR) is 78.6 cm³/mol. The van der Waals surface area contributed by atoms with Crippen molar-refractivity contribution in [2.75, 3.05) is 0 Å². The largest absolute Gasteiger partial charge is 0.506 e. The van der Waals surface area contributed by atoms with Crippen LogP contribution < -0.4 is 5.32 Å². The minimum absolute atomic E-state index is 0.219. The van der Waals surface area contributed by atoms with Crippen molar-refractivity contribution in [3.8, 4) is 5.75 Å². The molecule has 0 bridgehead atoms. The molecule has 108 valence electrons. The van der Waals surface area contributed by atoms with Gasteiger partial charge in [0.15, 0.2) is 0 Å². The van der Waals surface area contributed by atoms with E-state index in [2.05, 4.69) is 29.2 Å². The summed E-state index contributed by atoms with van der Waals surface area (Å²) in [4.78, 5) is 4.35. The van der Waals surface area contributed by atoms with Crippen LogP contribution in [0.15, 0.2) is 24.5 Å². The number of aromatic hydroxyl groups is 1. The van der Waals surface area contributed by atoms with E-state index in [0.717, 1.165) is 11.3 Å². The van der Waals surface area contributed by atoms with Crippen LogP contribution in [0.5, 0.6) is 5.75 Å². The van der Waals surface area contributed by atoms with Gasteiger partial charge in [-0.15, -0.1) is 0 Å². The Balaban J connectivity index is 1.98. The van der Waals surface area contributed by atoms with Crippen molar-refractivity contribution in [2.24, 2.45) is 0 Å². The summed E-state index contributed by atoms with van der Waals surface area (Å²) in [7, 11) is 0. The van der Waals surface area contributed by atoms with E-state index in [1.807, 2.05) is 30.9 Å². The summed E-state index contributed by atoms with van der Waals surface area (Å²) in [6.07, 6.45) is 3.89. The van der Waals surface area contributed by atoms with Crippen molar-refractivity contribution < 1.29 is 5.11 Å². The van der Waals surface area contributed by atoms with Crippen molar-refractivity contribution in [3.05, 3.63) is 41.5 Å². The number of aromatic nitrogens is 3. The Morgan fingerprint density at radius 1 is 1.30 bits per heavy atom. The minimum atomic E-state index is 0.219. The van der Waals surface area contributed by atoms with Crippen molar-refractivity contribution in [1.82, 2.24) is 20.1 Å². The van der Waals surface area contributed by atoms with Gasteiger partial charge in [0.25, 0.3) is 0 Å². The highest BCUT2D eigenvalue weighted by atomic mass is 16.3. The van der Waals surface area contributed by atoms with E-state index < -0.39 is 0 Å². The molecule has 2 atom stereocenters. The zero-order chi connectivity index (χ0) is 14.7. The van der Waals surface area contributed by atoms with Gasteiger partial charge in [-0.1, -0.05) is 0 Å². The molecule has 0 aliphatic heterocycles. The van der Waals surface area contributed by atoms with Crippen LogP contribution in [0.1, 0.15) is 36.8 Å². The molecule has 2 rings (SSSR count). The van der Waals surface area contributed by atoms with Crippen LogP contribution in [0.25, 0.3) is 0 Å². The Kier molecular flexibility index (Phi) is 4.39. The number of rotatable bonds is 5. The van der Waals surface area contributed by atoms with Gasteiger partial charge in [-0.25, -0.2) is 0 Å². The molecule has 0 amide bonds. The standard InChI is InChI=1S/C15H22N4O/c1-10-7-17-19(9-10)13(4)12(3)16-8-14-15(20)6-5-11(2)18-14/h5-7,9,12-13,16,20H,8H2,1-4H3/t12-,13+/m1/s1. The third-order valence-electron chi connectivity index (χ3n) is 3.55. The van der Waals surface area contributed by atoms with Crippen molar-refractivity contribution >= 4 is 0 Å². The molecule has 5 nitrogen and oxygen atoms in total. The zero-order valence-electron chi connectivity index (χ0n) is 12.5. The lowest BCUT2D eigenvalue weighted by Gasteiger charge is -2.22. The molecule has 20 heavy (non-hydrogen) atoms. The lowest BCUT2D eigenvalue weighted by atomic mass is 10.1. The van der Waals surface area contributed by atoms with Crippen LogP contribution in [0.2, 0.25) is 0 Å². The minimum Gasteiger partial charge on any atom is -0.506 e. The number of hydrogen-bond acceptors (Lipinski definition) is 4. The molecule has 5 heteroatoms. The molecular weight excluding hydrogens is 252 g/mol. The average molecular weight is 274 g/mol. The molecule has 0 saturated carbocycles.